The van der Waals surface area contributed by atoms with Gasteiger partial charge in [-0.1, -0.05) is 12.1 Å². The van der Waals surface area contributed by atoms with Gasteiger partial charge in [0.15, 0.2) is 0 Å². The maximum absolute atomic E-state index is 13.2. The molecule has 1 fully saturated rings. The average molecular weight is 222 g/mol. The Hall–Kier alpha value is -0.930. The van der Waals surface area contributed by atoms with E-state index < -0.39 is 0 Å². The second-order valence-corrected chi connectivity index (χ2v) is 4.54. The molecule has 0 aromatic heterocycles. The van der Waals surface area contributed by atoms with Crippen LogP contribution in [0, 0.1) is 12.7 Å². The third kappa shape index (κ3) is 2.25. The van der Waals surface area contributed by atoms with Crippen LogP contribution in [0.4, 0.5) is 4.39 Å². The lowest BCUT2D eigenvalue weighted by molar-refractivity contribution is 0.514. The maximum atomic E-state index is 13.2. The Kier molecular flexibility index (Phi) is 3.56. The molecule has 88 valence electrons. The monoisotopic (exact) mass is 222 g/mol. The maximum Gasteiger partial charge on any atom is 0.126 e. The first-order valence-electron chi connectivity index (χ1n) is 5.92. The Labute approximate surface area is 96.0 Å². The first kappa shape index (κ1) is 11.6. The van der Waals surface area contributed by atoms with Crippen LogP contribution in [0.25, 0.3) is 0 Å². The highest BCUT2D eigenvalue weighted by atomic mass is 19.1. The van der Waals surface area contributed by atoms with E-state index in [2.05, 4.69) is 5.32 Å². The number of hydrogen-bond donors (Lipinski definition) is 2. The van der Waals surface area contributed by atoms with Crippen molar-refractivity contribution in [1.29, 1.82) is 0 Å². The van der Waals surface area contributed by atoms with Crippen molar-refractivity contribution in [2.24, 2.45) is 5.73 Å². The van der Waals surface area contributed by atoms with Gasteiger partial charge in [-0.15, -0.1) is 0 Å². The standard InChI is InChI=1S/C13H19FN2/c1-9-8-10(2-3-12(9)14)11-5-7-16-13(11)4-6-15/h2-3,8,11,13,16H,4-7,15H2,1H3. The van der Waals surface area contributed by atoms with E-state index in [1.54, 1.807) is 6.07 Å². The highest BCUT2D eigenvalue weighted by Gasteiger charge is 2.27. The summed E-state index contributed by atoms with van der Waals surface area (Å²) >= 11 is 0. The summed E-state index contributed by atoms with van der Waals surface area (Å²) in [7, 11) is 0. The van der Waals surface area contributed by atoms with Crippen LogP contribution in [0.2, 0.25) is 0 Å². The van der Waals surface area contributed by atoms with Crippen molar-refractivity contribution < 1.29 is 4.39 Å². The second-order valence-electron chi connectivity index (χ2n) is 4.54. The highest BCUT2D eigenvalue weighted by Crippen LogP contribution is 2.30. The second kappa shape index (κ2) is 4.93. The molecule has 0 bridgehead atoms. The van der Waals surface area contributed by atoms with Gasteiger partial charge in [-0.2, -0.15) is 0 Å². The largest absolute Gasteiger partial charge is 0.330 e. The lowest BCUT2D eigenvalue weighted by Gasteiger charge is -2.19. The fourth-order valence-electron chi connectivity index (χ4n) is 2.55. The van der Waals surface area contributed by atoms with Crippen molar-refractivity contribution in [2.45, 2.75) is 31.7 Å². The fourth-order valence-corrected chi connectivity index (χ4v) is 2.55. The van der Waals surface area contributed by atoms with Gasteiger partial charge >= 0.3 is 0 Å². The normalized spacial score (nSPS) is 24.9. The molecule has 3 N–H and O–H groups in total. The van der Waals surface area contributed by atoms with Gasteiger partial charge in [-0.3, -0.25) is 0 Å². The Bertz CT molecular complexity index is 365. The van der Waals surface area contributed by atoms with E-state index >= 15 is 0 Å². The number of halogens is 1. The molecule has 2 rings (SSSR count). The number of nitrogens with one attached hydrogen (secondary N) is 1. The lowest BCUT2D eigenvalue weighted by Crippen LogP contribution is -2.28. The Balaban J connectivity index is 2.19. The summed E-state index contributed by atoms with van der Waals surface area (Å²) in [5.41, 5.74) is 7.57. The molecular formula is C13H19FN2. The van der Waals surface area contributed by atoms with E-state index in [-0.39, 0.29) is 5.82 Å². The predicted octanol–water partition coefficient (Wildman–Crippen LogP) is 1.93. The molecule has 0 spiro atoms. The Morgan fingerprint density at radius 2 is 2.31 bits per heavy atom. The molecule has 16 heavy (non-hydrogen) atoms. The zero-order valence-corrected chi connectivity index (χ0v) is 9.67. The van der Waals surface area contributed by atoms with Gasteiger partial charge in [-0.05, 0) is 50.0 Å². The molecule has 2 atom stereocenters. The van der Waals surface area contributed by atoms with Crippen LogP contribution in [0.1, 0.15) is 29.9 Å². The van der Waals surface area contributed by atoms with Crippen LogP contribution in [0.3, 0.4) is 0 Å². The van der Waals surface area contributed by atoms with E-state index in [1.165, 1.54) is 5.56 Å². The van der Waals surface area contributed by atoms with Crippen LogP contribution in [0.5, 0.6) is 0 Å². The summed E-state index contributed by atoms with van der Waals surface area (Å²) in [6.45, 7) is 3.55. The lowest BCUT2D eigenvalue weighted by atomic mass is 9.89. The van der Waals surface area contributed by atoms with Crippen molar-refractivity contribution >= 4 is 0 Å². The topological polar surface area (TPSA) is 38.0 Å². The van der Waals surface area contributed by atoms with Gasteiger partial charge in [0, 0.05) is 12.0 Å². The minimum atomic E-state index is -0.120. The van der Waals surface area contributed by atoms with Crippen molar-refractivity contribution in [3.63, 3.8) is 0 Å². The third-order valence-corrected chi connectivity index (χ3v) is 3.44. The molecule has 0 saturated carbocycles. The van der Waals surface area contributed by atoms with Gasteiger partial charge in [0.25, 0.3) is 0 Å². The summed E-state index contributed by atoms with van der Waals surface area (Å²) in [5.74, 6) is 0.368. The molecule has 0 radical (unpaired) electrons. The van der Waals surface area contributed by atoms with Crippen molar-refractivity contribution in [1.82, 2.24) is 5.32 Å². The molecule has 2 unspecified atom stereocenters. The molecule has 1 aliphatic heterocycles. The van der Waals surface area contributed by atoms with Gasteiger partial charge in [0.05, 0.1) is 0 Å². The average Bonchev–Trinajstić information content (AvgIpc) is 2.71. The molecule has 1 aliphatic rings. The number of benzene rings is 1. The van der Waals surface area contributed by atoms with E-state index in [0.717, 1.165) is 24.9 Å². The molecule has 1 saturated heterocycles. The summed E-state index contributed by atoms with van der Waals surface area (Å²) in [5, 5.41) is 3.47. The van der Waals surface area contributed by atoms with Crippen molar-refractivity contribution in [2.75, 3.05) is 13.1 Å². The van der Waals surface area contributed by atoms with E-state index in [0.29, 0.717) is 18.5 Å². The van der Waals surface area contributed by atoms with Crippen LogP contribution in [-0.4, -0.2) is 19.1 Å². The Morgan fingerprint density at radius 1 is 1.50 bits per heavy atom. The summed E-state index contributed by atoms with van der Waals surface area (Å²) in [6.07, 6.45) is 2.11. The molecule has 0 amide bonds. The SMILES string of the molecule is Cc1cc(C2CCNC2CCN)ccc1F. The van der Waals surface area contributed by atoms with Crippen molar-refractivity contribution in [3.05, 3.63) is 35.1 Å². The van der Waals surface area contributed by atoms with Gasteiger partial charge in [0.2, 0.25) is 0 Å². The van der Waals surface area contributed by atoms with Gasteiger partial charge in [0.1, 0.15) is 5.82 Å². The summed E-state index contributed by atoms with van der Waals surface area (Å²) in [6, 6.07) is 5.90. The van der Waals surface area contributed by atoms with Crippen LogP contribution >= 0.6 is 0 Å². The number of hydrogen-bond acceptors (Lipinski definition) is 2. The van der Waals surface area contributed by atoms with E-state index in [9.17, 15) is 4.39 Å². The molecule has 1 aromatic rings. The number of rotatable bonds is 3. The van der Waals surface area contributed by atoms with Crippen LogP contribution < -0.4 is 11.1 Å². The molecular weight excluding hydrogens is 203 g/mol. The highest BCUT2D eigenvalue weighted by molar-refractivity contribution is 5.28. The summed E-state index contributed by atoms with van der Waals surface area (Å²) < 4.78 is 13.2. The van der Waals surface area contributed by atoms with Crippen LogP contribution in [0.15, 0.2) is 18.2 Å². The molecule has 2 nitrogen and oxygen atoms in total. The fraction of sp³-hybridized carbons (Fsp3) is 0.538. The zero-order valence-electron chi connectivity index (χ0n) is 9.67. The number of nitrogens with two attached hydrogens (primary N) is 1. The first-order valence-corrected chi connectivity index (χ1v) is 5.92. The number of aryl methyl sites for hydroxylation is 1. The first-order chi connectivity index (χ1) is 7.72. The molecule has 1 heterocycles. The molecule has 3 heteroatoms. The van der Waals surface area contributed by atoms with Crippen LogP contribution in [-0.2, 0) is 0 Å². The van der Waals surface area contributed by atoms with Gasteiger partial charge < -0.3 is 11.1 Å². The van der Waals surface area contributed by atoms with E-state index in [1.807, 2.05) is 19.1 Å². The van der Waals surface area contributed by atoms with Gasteiger partial charge in [-0.25, -0.2) is 4.39 Å². The van der Waals surface area contributed by atoms with Crippen molar-refractivity contribution in [3.8, 4) is 0 Å². The third-order valence-electron chi connectivity index (χ3n) is 3.44. The molecule has 1 aromatic carbocycles. The smallest absolute Gasteiger partial charge is 0.126 e. The summed E-state index contributed by atoms with van der Waals surface area (Å²) in [4.78, 5) is 0. The van der Waals surface area contributed by atoms with E-state index in [4.69, 9.17) is 5.73 Å². The molecule has 0 aliphatic carbocycles. The Morgan fingerprint density at radius 3 is 3.00 bits per heavy atom. The minimum absolute atomic E-state index is 0.120. The quantitative estimate of drug-likeness (QED) is 0.820. The predicted molar refractivity (Wildman–Crippen MR) is 64.0 cm³/mol. The zero-order chi connectivity index (χ0) is 11.5. The minimum Gasteiger partial charge on any atom is -0.330 e.